The third kappa shape index (κ3) is 0.902. The number of benzene rings is 1. The van der Waals surface area contributed by atoms with Gasteiger partial charge in [-0.15, -0.1) is 0 Å². The second-order valence-electron chi connectivity index (χ2n) is 3.12. The van der Waals surface area contributed by atoms with Crippen molar-refractivity contribution < 1.29 is 4.39 Å². The Bertz CT molecular complexity index is 347. The van der Waals surface area contributed by atoms with Crippen molar-refractivity contribution in [3.05, 3.63) is 47.1 Å². The quantitative estimate of drug-likeness (QED) is 0.558. The zero-order chi connectivity index (χ0) is 8.60. The fourth-order valence-corrected chi connectivity index (χ4v) is 1.40. The Hall–Kier alpha value is -1.36. The Morgan fingerprint density at radius 1 is 1.33 bits per heavy atom. The van der Waals surface area contributed by atoms with Gasteiger partial charge in [-0.3, -0.25) is 0 Å². The molecule has 1 nitrogen and oxygen atoms in total. The maximum atomic E-state index is 13.2. The van der Waals surface area contributed by atoms with E-state index in [1.54, 1.807) is 18.2 Å². The van der Waals surface area contributed by atoms with E-state index >= 15 is 0 Å². The van der Waals surface area contributed by atoms with Crippen LogP contribution in [0.4, 0.5) is 4.39 Å². The van der Waals surface area contributed by atoms with Crippen molar-refractivity contribution in [2.45, 2.75) is 18.4 Å². The molecule has 12 heavy (non-hydrogen) atoms. The highest BCUT2D eigenvalue weighted by Crippen LogP contribution is 2.50. The third-order valence-electron chi connectivity index (χ3n) is 2.31. The fourth-order valence-electron chi connectivity index (χ4n) is 1.40. The molecule has 0 heterocycles. The number of rotatable bonds is 1. The van der Waals surface area contributed by atoms with Gasteiger partial charge < -0.3 is 4.85 Å². The molecule has 1 aromatic carbocycles. The Morgan fingerprint density at radius 3 is 2.50 bits per heavy atom. The maximum Gasteiger partial charge on any atom is 0.261 e. The van der Waals surface area contributed by atoms with Gasteiger partial charge in [-0.2, -0.15) is 0 Å². The highest BCUT2D eigenvalue weighted by atomic mass is 19.1. The van der Waals surface area contributed by atoms with Gasteiger partial charge in [-0.25, -0.2) is 11.0 Å². The van der Waals surface area contributed by atoms with Crippen LogP contribution in [0.2, 0.25) is 0 Å². The molecule has 0 radical (unpaired) electrons. The summed E-state index contributed by atoms with van der Waals surface area (Å²) in [5, 5.41) is 0. The van der Waals surface area contributed by atoms with E-state index < -0.39 is 5.54 Å². The molecule has 0 unspecified atom stereocenters. The van der Waals surface area contributed by atoms with Gasteiger partial charge >= 0.3 is 0 Å². The van der Waals surface area contributed by atoms with Crippen LogP contribution in [0.1, 0.15) is 18.4 Å². The van der Waals surface area contributed by atoms with Crippen LogP contribution >= 0.6 is 0 Å². The maximum absolute atomic E-state index is 13.2. The lowest BCUT2D eigenvalue weighted by Crippen LogP contribution is -2.02. The van der Waals surface area contributed by atoms with Crippen LogP contribution in [0.5, 0.6) is 0 Å². The molecule has 0 spiro atoms. The molecule has 0 N–H and O–H groups in total. The van der Waals surface area contributed by atoms with E-state index in [0.717, 1.165) is 12.8 Å². The largest absolute Gasteiger partial charge is 0.305 e. The molecule has 0 atom stereocenters. The number of hydrogen-bond donors (Lipinski definition) is 0. The summed E-state index contributed by atoms with van der Waals surface area (Å²) in [6.45, 7) is 6.96. The molecule has 60 valence electrons. The van der Waals surface area contributed by atoms with Crippen molar-refractivity contribution in [2.75, 3.05) is 0 Å². The van der Waals surface area contributed by atoms with Crippen molar-refractivity contribution in [3.63, 3.8) is 0 Å². The first-order valence-corrected chi connectivity index (χ1v) is 3.92. The van der Waals surface area contributed by atoms with Crippen molar-refractivity contribution in [3.8, 4) is 0 Å². The molecule has 0 saturated heterocycles. The van der Waals surface area contributed by atoms with Gasteiger partial charge in [0.2, 0.25) is 0 Å². The van der Waals surface area contributed by atoms with Crippen LogP contribution in [0.15, 0.2) is 24.3 Å². The summed E-state index contributed by atoms with van der Waals surface area (Å²) in [6.07, 6.45) is 1.61. The summed E-state index contributed by atoms with van der Waals surface area (Å²) in [5.41, 5.74) is 0.0609. The molecule has 1 aliphatic rings. The fraction of sp³-hybridized carbons (Fsp3) is 0.300. The Balaban J connectivity index is 2.48. The summed E-state index contributed by atoms with van der Waals surface area (Å²) in [5.74, 6) is -0.244. The molecular weight excluding hydrogens is 153 g/mol. The summed E-state index contributed by atoms with van der Waals surface area (Å²) >= 11 is 0. The lowest BCUT2D eigenvalue weighted by Gasteiger charge is -2.02. The molecular formula is C10H8FN. The van der Waals surface area contributed by atoms with E-state index in [-0.39, 0.29) is 5.82 Å². The first kappa shape index (κ1) is 7.30. The van der Waals surface area contributed by atoms with Gasteiger partial charge in [-0.05, 0) is 12.1 Å². The molecule has 1 saturated carbocycles. The van der Waals surface area contributed by atoms with E-state index in [0.29, 0.717) is 5.56 Å². The minimum Gasteiger partial charge on any atom is -0.305 e. The standard InChI is InChI=1S/C10H8FN/c1-12-10(6-7-10)8-4-2-3-5-9(8)11/h2-5H,6-7H2. The van der Waals surface area contributed by atoms with Crippen LogP contribution in [0, 0.1) is 12.4 Å². The highest BCUT2D eigenvalue weighted by molar-refractivity contribution is 5.35. The predicted octanol–water partition coefficient (Wildman–Crippen LogP) is 2.73. The Morgan fingerprint density at radius 2 is 2.00 bits per heavy atom. The topological polar surface area (TPSA) is 4.36 Å². The average Bonchev–Trinajstić information content (AvgIpc) is 2.86. The molecule has 0 aromatic heterocycles. The second kappa shape index (κ2) is 2.31. The van der Waals surface area contributed by atoms with Gasteiger partial charge in [-0.1, -0.05) is 12.1 Å². The van der Waals surface area contributed by atoms with Gasteiger partial charge in [0, 0.05) is 12.8 Å². The van der Waals surface area contributed by atoms with Crippen LogP contribution in [0.25, 0.3) is 4.85 Å². The normalized spacial score (nSPS) is 18.3. The number of halogens is 1. The van der Waals surface area contributed by atoms with Crippen molar-refractivity contribution >= 4 is 0 Å². The lowest BCUT2D eigenvalue weighted by molar-refractivity contribution is 0.597. The number of nitrogens with zero attached hydrogens (tertiary/aromatic N) is 1. The van der Waals surface area contributed by atoms with E-state index in [2.05, 4.69) is 4.85 Å². The molecule has 0 bridgehead atoms. The van der Waals surface area contributed by atoms with Crippen molar-refractivity contribution in [1.29, 1.82) is 0 Å². The van der Waals surface area contributed by atoms with Gasteiger partial charge in [0.25, 0.3) is 5.54 Å². The van der Waals surface area contributed by atoms with Gasteiger partial charge in [0.15, 0.2) is 0 Å². The molecule has 1 aliphatic carbocycles. The summed E-state index contributed by atoms with van der Waals surface area (Å²) in [6, 6.07) is 6.56. The molecule has 1 fully saturated rings. The van der Waals surface area contributed by atoms with Crippen LogP contribution in [-0.4, -0.2) is 0 Å². The average molecular weight is 161 g/mol. The molecule has 2 rings (SSSR count). The summed E-state index contributed by atoms with van der Waals surface area (Å²) in [7, 11) is 0. The second-order valence-corrected chi connectivity index (χ2v) is 3.12. The summed E-state index contributed by atoms with van der Waals surface area (Å²) in [4.78, 5) is 3.47. The van der Waals surface area contributed by atoms with Crippen LogP contribution in [-0.2, 0) is 5.54 Å². The van der Waals surface area contributed by atoms with Crippen LogP contribution in [0.3, 0.4) is 0 Å². The van der Waals surface area contributed by atoms with Gasteiger partial charge in [0.05, 0.1) is 5.56 Å². The van der Waals surface area contributed by atoms with E-state index in [1.165, 1.54) is 6.07 Å². The lowest BCUT2D eigenvalue weighted by atomic mass is 10.1. The van der Waals surface area contributed by atoms with E-state index in [1.807, 2.05) is 0 Å². The summed E-state index contributed by atoms with van der Waals surface area (Å²) < 4.78 is 13.2. The molecule has 2 heteroatoms. The smallest absolute Gasteiger partial charge is 0.261 e. The monoisotopic (exact) mass is 161 g/mol. The SMILES string of the molecule is [C-]#[N+]C1(c2ccccc2F)CC1. The minimum absolute atomic E-state index is 0.244. The zero-order valence-electron chi connectivity index (χ0n) is 6.55. The van der Waals surface area contributed by atoms with Gasteiger partial charge in [0.1, 0.15) is 5.82 Å². The van der Waals surface area contributed by atoms with Crippen LogP contribution < -0.4 is 0 Å². The molecule has 0 aliphatic heterocycles. The first-order chi connectivity index (χ1) is 5.78. The predicted molar refractivity (Wildman–Crippen MR) is 43.9 cm³/mol. The third-order valence-corrected chi connectivity index (χ3v) is 2.31. The molecule has 0 amide bonds. The minimum atomic E-state index is -0.509. The van der Waals surface area contributed by atoms with E-state index in [9.17, 15) is 4.39 Å². The highest BCUT2D eigenvalue weighted by Gasteiger charge is 2.54. The van der Waals surface area contributed by atoms with E-state index in [4.69, 9.17) is 6.57 Å². The van der Waals surface area contributed by atoms with Crippen molar-refractivity contribution in [1.82, 2.24) is 0 Å². The molecule has 1 aromatic rings. The first-order valence-electron chi connectivity index (χ1n) is 3.92. The zero-order valence-corrected chi connectivity index (χ0v) is 6.55. The number of hydrogen-bond acceptors (Lipinski definition) is 0. The Labute approximate surface area is 70.7 Å². The Kier molecular flexibility index (Phi) is 1.41. The van der Waals surface area contributed by atoms with Crippen molar-refractivity contribution in [2.24, 2.45) is 0 Å².